The normalized spacial score (nSPS) is 16.9. The maximum atomic E-state index is 12.8. The first-order chi connectivity index (χ1) is 9.29. The number of benzene rings is 1. The second kappa shape index (κ2) is 5.28. The predicted octanol–water partition coefficient (Wildman–Crippen LogP) is 2.43. The molecule has 0 fully saturated rings. The van der Waals surface area contributed by atoms with Crippen molar-refractivity contribution >= 4 is 5.78 Å². The number of hydrogen-bond acceptors (Lipinski definition) is 4. The van der Waals surface area contributed by atoms with Gasteiger partial charge in [0, 0.05) is 5.56 Å². The third-order valence-corrected chi connectivity index (χ3v) is 2.73. The molecule has 1 N–H and O–H groups in total. The van der Waals surface area contributed by atoms with Gasteiger partial charge in [-0.3, -0.25) is 10.1 Å². The van der Waals surface area contributed by atoms with Crippen molar-refractivity contribution in [3.63, 3.8) is 0 Å². The lowest BCUT2D eigenvalue weighted by molar-refractivity contribution is -0.190. The SMILES string of the molecule is CC(NC(F)C(F)(F)F)C(=O)c1ccc2c(c1)OCO2. The molecule has 0 saturated carbocycles. The first kappa shape index (κ1) is 14.6. The Kier molecular flexibility index (Phi) is 3.85. The van der Waals surface area contributed by atoms with Crippen LogP contribution in [0.4, 0.5) is 17.6 Å². The van der Waals surface area contributed by atoms with Crippen LogP contribution in [0.15, 0.2) is 18.2 Å². The Hall–Kier alpha value is -1.83. The molecule has 20 heavy (non-hydrogen) atoms. The molecule has 0 spiro atoms. The number of carbonyl (C=O) groups is 1. The monoisotopic (exact) mass is 293 g/mol. The molecule has 4 nitrogen and oxygen atoms in total. The molecule has 0 saturated heterocycles. The third-order valence-electron chi connectivity index (χ3n) is 2.73. The zero-order chi connectivity index (χ0) is 14.9. The van der Waals surface area contributed by atoms with E-state index in [1.807, 2.05) is 0 Å². The van der Waals surface area contributed by atoms with E-state index < -0.39 is 24.3 Å². The average molecular weight is 293 g/mol. The molecule has 2 atom stereocenters. The predicted molar refractivity (Wildman–Crippen MR) is 60.4 cm³/mol. The van der Waals surface area contributed by atoms with Gasteiger partial charge in [0.15, 0.2) is 17.3 Å². The first-order valence-electron chi connectivity index (χ1n) is 5.69. The fourth-order valence-corrected chi connectivity index (χ4v) is 1.69. The molecule has 1 aromatic rings. The van der Waals surface area contributed by atoms with Gasteiger partial charge in [0.1, 0.15) is 0 Å². The fourth-order valence-electron chi connectivity index (χ4n) is 1.69. The van der Waals surface area contributed by atoms with Gasteiger partial charge in [-0.25, -0.2) is 4.39 Å². The van der Waals surface area contributed by atoms with Crippen molar-refractivity contribution in [2.24, 2.45) is 0 Å². The third kappa shape index (κ3) is 3.01. The molecule has 2 rings (SSSR count). The second-order valence-electron chi connectivity index (χ2n) is 4.22. The number of nitrogens with one attached hydrogen (secondary N) is 1. The minimum Gasteiger partial charge on any atom is -0.454 e. The molecule has 110 valence electrons. The zero-order valence-electron chi connectivity index (χ0n) is 10.3. The summed E-state index contributed by atoms with van der Waals surface area (Å²) in [6, 6.07) is 2.88. The smallest absolute Gasteiger partial charge is 0.433 e. The van der Waals surface area contributed by atoms with E-state index in [1.54, 1.807) is 5.32 Å². The standard InChI is InChI=1S/C12H11F4NO3/c1-6(17-11(13)12(14,15)16)10(18)7-2-3-8-9(4-7)20-5-19-8/h2-4,6,11,17H,5H2,1H3. The summed E-state index contributed by atoms with van der Waals surface area (Å²) in [5.74, 6) is 0.103. The topological polar surface area (TPSA) is 47.6 Å². The van der Waals surface area contributed by atoms with Crippen molar-refractivity contribution < 1.29 is 31.8 Å². The summed E-state index contributed by atoms with van der Waals surface area (Å²) in [6.07, 6.45) is -8.31. The summed E-state index contributed by atoms with van der Waals surface area (Å²) in [5, 5.41) is 1.57. The van der Waals surface area contributed by atoms with Crippen LogP contribution in [0.25, 0.3) is 0 Å². The number of halogens is 4. The summed E-state index contributed by atoms with van der Waals surface area (Å²) in [5.41, 5.74) is 0.114. The van der Waals surface area contributed by atoms with Crippen molar-refractivity contribution in [1.29, 1.82) is 0 Å². The number of Topliss-reactive ketones (excluding diaryl/α,β-unsaturated/α-hetero) is 1. The van der Waals surface area contributed by atoms with E-state index in [0.29, 0.717) is 11.5 Å². The average Bonchev–Trinajstić information content (AvgIpc) is 2.83. The van der Waals surface area contributed by atoms with Crippen LogP contribution in [0.1, 0.15) is 17.3 Å². The lowest BCUT2D eigenvalue weighted by atomic mass is 10.0. The van der Waals surface area contributed by atoms with E-state index in [2.05, 4.69) is 0 Å². The van der Waals surface area contributed by atoms with Crippen molar-refractivity contribution in [2.75, 3.05) is 6.79 Å². The molecular weight excluding hydrogens is 282 g/mol. The van der Waals surface area contributed by atoms with Gasteiger partial charge < -0.3 is 9.47 Å². The molecule has 1 aromatic carbocycles. The molecule has 0 aromatic heterocycles. The van der Waals surface area contributed by atoms with Crippen molar-refractivity contribution in [3.8, 4) is 11.5 Å². The number of ketones is 1. The quantitative estimate of drug-likeness (QED) is 0.526. The van der Waals surface area contributed by atoms with Gasteiger partial charge in [0.25, 0.3) is 0 Å². The number of carbonyl (C=O) groups excluding carboxylic acids is 1. The highest BCUT2D eigenvalue weighted by atomic mass is 19.4. The molecule has 0 amide bonds. The highest BCUT2D eigenvalue weighted by Crippen LogP contribution is 2.32. The van der Waals surface area contributed by atoms with Crippen LogP contribution in [0.5, 0.6) is 11.5 Å². The number of hydrogen-bond donors (Lipinski definition) is 1. The van der Waals surface area contributed by atoms with E-state index >= 15 is 0 Å². The van der Waals surface area contributed by atoms with Crippen LogP contribution >= 0.6 is 0 Å². The highest BCUT2D eigenvalue weighted by Gasteiger charge is 2.41. The van der Waals surface area contributed by atoms with Crippen molar-refractivity contribution in [3.05, 3.63) is 23.8 Å². The van der Waals surface area contributed by atoms with E-state index in [-0.39, 0.29) is 12.4 Å². The lowest BCUT2D eigenvalue weighted by Crippen LogP contribution is -2.46. The van der Waals surface area contributed by atoms with Gasteiger partial charge in [0.05, 0.1) is 6.04 Å². The minimum atomic E-state index is -5.05. The summed E-state index contributed by atoms with van der Waals surface area (Å²) >= 11 is 0. The molecule has 0 aliphatic carbocycles. The van der Waals surface area contributed by atoms with Gasteiger partial charge in [-0.2, -0.15) is 13.2 Å². The van der Waals surface area contributed by atoms with Gasteiger partial charge >= 0.3 is 6.18 Å². The number of ether oxygens (including phenoxy) is 2. The maximum absolute atomic E-state index is 12.8. The number of rotatable bonds is 4. The van der Waals surface area contributed by atoms with Crippen molar-refractivity contribution in [1.82, 2.24) is 5.32 Å². The number of fused-ring (bicyclic) bond motifs is 1. The first-order valence-corrected chi connectivity index (χ1v) is 5.69. The number of alkyl halides is 4. The van der Waals surface area contributed by atoms with E-state index in [0.717, 1.165) is 6.92 Å². The summed E-state index contributed by atoms with van der Waals surface area (Å²) in [6.45, 7) is 1.17. The fraction of sp³-hybridized carbons (Fsp3) is 0.417. The van der Waals surface area contributed by atoms with Gasteiger partial charge in [-0.1, -0.05) is 0 Å². The Morgan fingerprint density at radius 1 is 1.30 bits per heavy atom. The van der Waals surface area contributed by atoms with Crippen LogP contribution in [-0.2, 0) is 0 Å². The van der Waals surface area contributed by atoms with Crippen LogP contribution in [0.2, 0.25) is 0 Å². The van der Waals surface area contributed by atoms with E-state index in [9.17, 15) is 22.4 Å². The molecule has 1 heterocycles. The molecular formula is C12H11F4NO3. The lowest BCUT2D eigenvalue weighted by Gasteiger charge is -2.18. The minimum absolute atomic E-state index is 0.0153. The molecule has 0 radical (unpaired) electrons. The highest BCUT2D eigenvalue weighted by molar-refractivity contribution is 6.00. The molecule has 2 unspecified atom stereocenters. The van der Waals surface area contributed by atoms with E-state index in [4.69, 9.17) is 9.47 Å². The van der Waals surface area contributed by atoms with E-state index in [1.165, 1.54) is 18.2 Å². The summed E-state index contributed by atoms with van der Waals surface area (Å²) < 4.78 is 59.1. The Labute approximate surface area is 111 Å². The Morgan fingerprint density at radius 2 is 1.95 bits per heavy atom. The van der Waals surface area contributed by atoms with Gasteiger partial charge in [0.2, 0.25) is 13.1 Å². The van der Waals surface area contributed by atoms with Crippen LogP contribution in [-0.4, -0.2) is 31.1 Å². The second-order valence-corrected chi connectivity index (χ2v) is 4.22. The Balaban J connectivity index is 2.07. The molecule has 8 heteroatoms. The molecule has 1 aliphatic heterocycles. The van der Waals surface area contributed by atoms with Crippen LogP contribution in [0, 0.1) is 0 Å². The van der Waals surface area contributed by atoms with Crippen molar-refractivity contribution in [2.45, 2.75) is 25.4 Å². The summed E-state index contributed by atoms with van der Waals surface area (Å²) in [4.78, 5) is 11.9. The summed E-state index contributed by atoms with van der Waals surface area (Å²) in [7, 11) is 0. The maximum Gasteiger partial charge on any atom is 0.433 e. The van der Waals surface area contributed by atoms with Gasteiger partial charge in [-0.15, -0.1) is 0 Å². The Bertz CT molecular complexity index is 518. The molecule has 0 bridgehead atoms. The van der Waals surface area contributed by atoms with Crippen LogP contribution < -0.4 is 14.8 Å². The Morgan fingerprint density at radius 3 is 2.60 bits per heavy atom. The zero-order valence-corrected chi connectivity index (χ0v) is 10.3. The van der Waals surface area contributed by atoms with Gasteiger partial charge in [-0.05, 0) is 25.1 Å². The van der Waals surface area contributed by atoms with Crippen LogP contribution in [0.3, 0.4) is 0 Å². The largest absolute Gasteiger partial charge is 0.454 e. The molecule has 1 aliphatic rings.